The van der Waals surface area contributed by atoms with E-state index in [1.165, 1.54) is 7.11 Å². The third-order valence-corrected chi connectivity index (χ3v) is 15.4. The lowest BCUT2D eigenvalue weighted by atomic mass is 9.64. The highest BCUT2D eigenvalue weighted by atomic mass is 16.7. The van der Waals surface area contributed by atoms with Crippen molar-refractivity contribution in [1.82, 2.24) is 29.7 Å². The number of fused-ring (bicyclic) bond motifs is 5. The molecule has 0 bridgehead atoms. The SMILES string of the molecule is COCCOC(=O)N1C(=O)[C@@]2(c3cc(C#CCn4nnc5ccccc54)ccc31)[C@H](C(=O)N1CCN(Cc3ccc4c(c3)OCO4)CC1)[C@H]1C(=O)O[C@H](c3ccccc3)[C@H](c3ccccc3)N1[C@@H]2c1ccccc1OCCO. The summed E-state index contributed by atoms with van der Waals surface area (Å²) in [6.45, 7) is 1.75. The van der Waals surface area contributed by atoms with E-state index in [0.29, 0.717) is 59.1 Å². The van der Waals surface area contributed by atoms with Crippen LogP contribution < -0.4 is 19.1 Å². The number of hydrogen-bond acceptors (Lipinski definition) is 15. The summed E-state index contributed by atoms with van der Waals surface area (Å²) >= 11 is 0. The average molecular weight is 1050 g/mol. The summed E-state index contributed by atoms with van der Waals surface area (Å²) in [5.41, 5.74) is 3.18. The molecular formula is C60H55N7O11. The number of piperazine rings is 1. The monoisotopic (exact) mass is 1050 g/mol. The van der Waals surface area contributed by atoms with Gasteiger partial charge in [-0.25, -0.2) is 14.4 Å². The summed E-state index contributed by atoms with van der Waals surface area (Å²) in [5.74, 6) is 4.66. The summed E-state index contributed by atoms with van der Waals surface area (Å²) in [4.78, 5) is 70.9. The summed E-state index contributed by atoms with van der Waals surface area (Å²) in [6, 6.07) is 41.1. The van der Waals surface area contributed by atoms with E-state index in [4.69, 9.17) is 28.4 Å². The van der Waals surface area contributed by atoms with E-state index >= 15 is 14.4 Å². The highest BCUT2D eigenvalue weighted by Crippen LogP contribution is 2.67. The molecule has 1 N–H and O–H groups in total. The number of cyclic esters (lactones) is 1. The van der Waals surface area contributed by atoms with E-state index in [2.05, 4.69) is 27.1 Å². The highest BCUT2D eigenvalue weighted by molar-refractivity contribution is 6.23. The van der Waals surface area contributed by atoms with Gasteiger partial charge in [0.1, 0.15) is 48.6 Å². The number of aliphatic hydroxyl groups is 1. The molecule has 6 heterocycles. The lowest BCUT2D eigenvalue weighted by Gasteiger charge is -2.46. The lowest BCUT2D eigenvalue weighted by molar-refractivity contribution is -0.179. The second-order valence-corrected chi connectivity index (χ2v) is 19.7. The zero-order valence-corrected chi connectivity index (χ0v) is 42.7. The first-order chi connectivity index (χ1) is 38.3. The number of ether oxygens (including phenoxy) is 6. The van der Waals surface area contributed by atoms with Crippen LogP contribution >= 0.6 is 0 Å². The van der Waals surface area contributed by atoms with Gasteiger partial charge < -0.3 is 38.4 Å². The zero-order chi connectivity index (χ0) is 53.3. The summed E-state index contributed by atoms with van der Waals surface area (Å²) < 4.78 is 37.1. The molecule has 0 aliphatic carbocycles. The lowest BCUT2D eigenvalue weighted by Crippen LogP contribution is -2.59. The number of rotatable bonds is 13. The predicted octanol–water partition coefficient (Wildman–Crippen LogP) is 6.38. The molecule has 3 amide bonds. The Morgan fingerprint density at radius 1 is 0.782 bits per heavy atom. The Bertz CT molecular complexity index is 3470. The number of carbonyl (C=O) groups is 4. The maximum absolute atomic E-state index is 16.8. The second kappa shape index (κ2) is 21.4. The standard InChI is InChI=1S/C60H55N7O11/c1-73-33-34-75-59(72)66-46-24-22-39(13-12-26-65-47-20-10-9-19-45(47)61-62-65)35-44(46)60(58(66)71)51(56(69)64-29-27-63(28-30-64)37-40-23-25-49-50(36-40)77-38-76-49)53-57(70)78-54(42-16-6-3-7-17-42)52(41-14-4-2-5-15-41)67(53)55(60)43-18-8-11-21-48(43)74-32-31-68/h2-11,14-25,35-36,51-55,68H,26-34,37-38H2,1H3/t51-,52-,53-,54+,55+,60-/m0/s1. The molecule has 18 nitrogen and oxygen atoms in total. The molecule has 3 saturated heterocycles. The van der Waals surface area contributed by atoms with Crippen molar-refractivity contribution in [2.45, 2.75) is 42.7 Å². The minimum Gasteiger partial charge on any atom is -0.491 e. The quantitative estimate of drug-likeness (QED) is 0.0762. The van der Waals surface area contributed by atoms with Crippen LogP contribution in [0.3, 0.4) is 0 Å². The van der Waals surface area contributed by atoms with Gasteiger partial charge in [-0.05, 0) is 70.8 Å². The Hall–Kier alpha value is -8.60. The van der Waals surface area contributed by atoms with Gasteiger partial charge in [0.25, 0.3) is 0 Å². The molecule has 6 aromatic carbocycles. The van der Waals surface area contributed by atoms with Crippen LogP contribution in [-0.2, 0) is 47.1 Å². The number of esters is 1. The fourth-order valence-electron chi connectivity index (χ4n) is 12.1. The van der Waals surface area contributed by atoms with Crippen LogP contribution in [0.2, 0.25) is 0 Å². The van der Waals surface area contributed by atoms with Crippen molar-refractivity contribution in [2.75, 3.05) is 71.4 Å². The van der Waals surface area contributed by atoms with Gasteiger partial charge in [0.15, 0.2) is 11.5 Å². The van der Waals surface area contributed by atoms with Gasteiger partial charge in [0.2, 0.25) is 18.6 Å². The third kappa shape index (κ3) is 8.83. The molecule has 0 radical (unpaired) electrons. The summed E-state index contributed by atoms with van der Waals surface area (Å²) in [7, 11) is 1.47. The zero-order valence-electron chi connectivity index (χ0n) is 42.7. The number of anilines is 1. The average Bonchev–Trinajstić information content (AvgIpc) is 2.59. The van der Waals surface area contributed by atoms with Crippen molar-refractivity contribution < 1.29 is 52.7 Å². The number of nitrogens with zero attached hydrogens (tertiary/aromatic N) is 7. The van der Waals surface area contributed by atoms with Crippen LogP contribution in [0, 0.1) is 17.8 Å². The molecule has 0 unspecified atom stereocenters. The first kappa shape index (κ1) is 50.2. The highest BCUT2D eigenvalue weighted by Gasteiger charge is 2.76. The van der Waals surface area contributed by atoms with Gasteiger partial charge in [-0.3, -0.25) is 24.2 Å². The Balaban J connectivity index is 1.06. The fraction of sp³-hybridized carbons (Fsp3) is 0.300. The van der Waals surface area contributed by atoms with Gasteiger partial charge in [-0.15, -0.1) is 5.10 Å². The van der Waals surface area contributed by atoms with Crippen molar-refractivity contribution in [3.63, 3.8) is 0 Å². The van der Waals surface area contributed by atoms with Crippen LogP contribution in [0.1, 0.15) is 51.6 Å². The number of methoxy groups -OCH3 is 1. The van der Waals surface area contributed by atoms with E-state index in [0.717, 1.165) is 21.5 Å². The molecule has 5 aliphatic rings. The molecular weight excluding hydrogens is 995 g/mol. The van der Waals surface area contributed by atoms with Gasteiger partial charge in [-0.1, -0.05) is 114 Å². The number of carbonyl (C=O) groups excluding carboxylic acids is 4. The minimum atomic E-state index is -2.10. The molecule has 0 saturated carbocycles. The molecule has 7 aromatic rings. The minimum absolute atomic E-state index is 0.0443. The number of morpholine rings is 1. The Morgan fingerprint density at radius 3 is 2.32 bits per heavy atom. The number of imide groups is 1. The van der Waals surface area contributed by atoms with Crippen LogP contribution in [0.25, 0.3) is 11.0 Å². The number of para-hydroxylation sites is 2. The molecule has 12 rings (SSSR count). The number of amides is 3. The topological polar surface area (TPSA) is 188 Å². The van der Waals surface area contributed by atoms with E-state index < -0.39 is 59.4 Å². The molecule has 5 aliphatic heterocycles. The van der Waals surface area contributed by atoms with Crippen molar-refractivity contribution in [1.29, 1.82) is 0 Å². The van der Waals surface area contributed by atoms with Crippen LogP contribution in [-0.4, -0.2) is 131 Å². The van der Waals surface area contributed by atoms with Gasteiger partial charge in [-0.2, -0.15) is 0 Å². The Labute approximate surface area is 449 Å². The number of benzene rings is 6. The normalized spacial score (nSPS) is 22.5. The predicted molar refractivity (Wildman–Crippen MR) is 283 cm³/mol. The number of aliphatic hydroxyl groups excluding tert-OH is 1. The molecule has 6 atom stereocenters. The van der Waals surface area contributed by atoms with Crippen LogP contribution in [0.15, 0.2) is 146 Å². The smallest absolute Gasteiger partial charge is 0.421 e. The van der Waals surface area contributed by atoms with E-state index in [1.54, 1.807) is 46.0 Å². The third-order valence-electron chi connectivity index (χ3n) is 15.4. The number of aromatic nitrogens is 3. The van der Waals surface area contributed by atoms with E-state index in [9.17, 15) is 9.90 Å². The molecule has 1 aromatic heterocycles. The number of hydrogen-bond donors (Lipinski definition) is 1. The molecule has 78 heavy (non-hydrogen) atoms. The van der Waals surface area contributed by atoms with Crippen molar-refractivity contribution in [2.24, 2.45) is 5.92 Å². The fourth-order valence-corrected chi connectivity index (χ4v) is 12.1. The van der Waals surface area contributed by atoms with Crippen molar-refractivity contribution in [3.05, 3.63) is 179 Å². The van der Waals surface area contributed by atoms with Crippen LogP contribution in [0.4, 0.5) is 10.5 Å². The summed E-state index contributed by atoms with van der Waals surface area (Å²) in [6.07, 6.45) is -1.94. The molecule has 396 valence electrons. The van der Waals surface area contributed by atoms with Crippen molar-refractivity contribution >= 4 is 40.6 Å². The molecule has 1 spiro atoms. The Morgan fingerprint density at radius 2 is 1.53 bits per heavy atom. The first-order valence-corrected chi connectivity index (χ1v) is 26.0. The van der Waals surface area contributed by atoms with Gasteiger partial charge >= 0.3 is 12.1 Å². The first-order valence-electron chi connectivity index (χ1n) is 26.0. The summed E-state index contributed by atoms with van der Waals surface area (Å²) in [5, 5.41) is 18.8. The Kier molecular flexibility index (Phi) is 13.8. The van der Waals surface area contributed by atoms with Gasteiger partial charge in [0.05, 0.1) is 42.4 Å². The second-order valence-electron chi connectivity index (χ2n) is 19.7. The largest absolute Gasteiger partial charge is 0.491 e. The maximum Gasteiger partial charge on any atom is 0.421 e. The van der Waals surface area contributed by atoms with Gasteiger partial charge in [0, 0.05) is 51.0 Å². The van der Waals surface area contributed by atoms with Crippen LogP contribution in [0.5, 0.6) is 17.2 Å². The van der Waals surface area contributed by atoms with Crippen molar-refractivity contribution in [3.8, 4) is 29.1 Å². The van der Waals surface area contributed by atoms with E-state index in [-0.39, 0.29) is 64.1 Å². The maximum atomic E-state index is 16.8. The molecule has 18 heteroatoms. The van der Waals surface area contributed by atoms with E-state index in [1.807, 2.05) is 114 Å². The molecule has 3 fully saturated rings.